The van der Waals surface area contributed by atoms with E-state index >= 15 is 0 Å². The second kappa shape index (κ2) is 7.60. The summed E-state index contributed by atoms with van der Waals surface area (Å²) in [5.41, 5.74) is 0.999. The molecule has 2 atom stereocenters. The van der Waals surface area contributed by atoms with E-state index in [9.17, 15) is 13.2 Å². The molecular weight excluding hydrogens is 372 g/mol. The van der Waals surface area contributed by atoms with Crippen molar-refractivity contribution in [1.82, 2.24) is 4.90 Å². The lowest BCUT2D eigenvalue weighted by Crippen LogP contribution is -2.37. The van der Waals surface area contributed by atoms with Crippen LogP contribution >= 0.6 is 11.8 Å². The van der Waals surface area contributed by atoms with Gasteiger partial charge in [0.1, 0.15) is 5.75 Å². The minimum Gasteiger partial charge on any atom is -0.497 e. The summed E-state index contributed by atoms with van der Waals surface area (Å²) in [6.45, 7) is 4.47. The number of rotatable bonds is 5. The number of amidine groups is 1. The largest absolute Gasteiger partial charge is 0.497 e. The Labute approximate surface area is 158 Å². The van der Waals surface area contributed by atoms with Crippen LogP contribution in [-0.4, -0.2) is 54.3 Å². The Bertz CT molecular complexity index is 820. The number of fused-ring (bicyclic) bond motifs is 1. The van der Waals surface area contributed by atoms with Gasteiger partial charge in [0, 0.05) is 18.2 Å². The van der Waals surface area contributed by atoms with Crippen molar-refractivity contribution >= 4 is 32.7 Å². The molecular formula is C18H24N2O4S2. The fourth-order valence-corrected chi connectivity index (χ4v) is 7.26. The van der Waals surface area contributed by atoms with E-state index in [1.165, 1.54) is 11.8 Å². The van der Waals surface area contributed by atoms with Gasteiger partial charge < -0.3 is 9.64 Å². The van der Waals surface area contributed by atoms with E-state index in [2.05, 4.69) is 4.99 Å². The number of carbonyl (C=O) groups excluding carboxylic acids is 1. The Kier molecular flexibility index (Phi) is 5.62. The van der Waals surface area contributed by atoms with E-state index in [0.29, 0.717) is 18.1 Å². The quantitative estimate of drug-likeness (QED) is 0.760. The van der Waals surface area contributed by atoms with Gasteiger partial charge in [0.15, 0.2) is 15.0 Å². The SMILES string of the molecule is COc1cccc(CN2C(=NC(=O)CC(C)C)SC3CS(=O)(=O)CC32)c1. The molecule has 0 aliphatic carbocycles. The van der Waals surface area contributed by atoms with Gasteiger partial charge in [-0.15, -0.1) is 0 Å². The number of nitrogens with zero attached hydrogens (tertiary/aromatic N) is 2. The maximum atomic E-state index is 12.2. The highest BCUT2D eigenvalue weighted by Gasteiger charge is 2.48. The molecule has 0 radical (unpaired) electrons. The first-order valence-corrected chi connectivity index (χ1v) is 11.4. The fraction of sp³-hybridized carbons (Fsp3) is 0.556. The lowest BCUT2D eigenvalue weighted by atomic mass is 10.1. The molecule has 2 aliphatic rings. The number of thioether (sulfide) groups is 1. The molecule has 2 unspecified atom stereocenters. The van der Waals surface area contributed by atoms with Crippen LogP contribution in [-0.2, 0) is 21.2 Å². The number of methoxy groups -OCH3 is 1. The van der Waals surface area contributed by atoms with Crippen molar-refractivity contribution < 1.29 is 17.9 Å². The first-order valence-electron chi connectivity index (χ1n) is 8.65. The molecule has 1 amide bonds. The van der Waals surface area contributed by atoms with Crippen LogP contribution < -0.4 is 4.74 Å². The van der Waals surface area contributed by atoms with Crippen molar-refractivity contribution in [3.63, 3.8) is 0 Å². The Hall–Kier alpha value is -1.54. The number of hydrogen-bond acceptors (Lipinski definition) is 5. The molecule has 6 nitrogen and oxygen atoms in total. The Morgan fingerprint density at radius 2 is 2.15 bits per heavy atom. The van der Waals surface area contributed by atoms with E-state index < -0.39 is 9.84 Å². The Morgan fingerprint density at radius 1 is 1.38 bits per heavy atom. The summed E-state index contributed by atoms with van der Waals surface area (Å²) < 4.78 is 29.4. The molecule has 0 aromatic heterocycles. The van der Waals surface area contributed by atoms with Crippen molar-refractivity contribution in [2.45, 2.75) is 38.1 Å². The van der Waals surface area contributed by atoms with Crippen LogP contribution in [0.1, 0.15) is 25.8 Å². The van der Waals surface area contributed by atoms with Crippen LogP contribution in [0.15, 0.2) is 29.3 Å². The molecule has 0 bridgehead atoms. The average Bonchev–Trinajstić information content (AvgIpc) is 2.99. The topological polar surface area (TPSA) is 76.0 Å². The van der Waals surface area contributed by atoms with Gasteiger partial charge in [-0.05, 0) is 23.6 Å². The summed E-state index contributed by atoms with van der Waals surface area (Å²) in [6.07, 6.45) is 0.394. The number of amides is 1. The van der Waals surface area contributed by atoms with Crippen LogP contribution in [0.3, 0.4) is 0 Å². The summed E-state index contributed by atoms with van der Waals surface area (Å²) in [4.78, 5) is 18.5. The van der Waals surface area contributed by atoms with Gasteiger partial charge in [0.2, 0.25) is 5.91 Å². The second-order valence-corrected chi connectivity index (χ2v) is 10.5. The fourth-order valence-electron chi connectivity index (χ4n) is 3.29. The highest BCUT2D eigenvalue weighted by Crippen LogP contribution is 2.39. The molecule has 2 fully saturated rings. The summed E-state index contributed by atoms with van der Waals surface area (Å²) in [7, 11) is -1.43. The van der Waals surface area contributed by atoms with Crippen molar-refractivity contribution in [2.24, 2.45) is 10.9 Å². The van der Waals surface area contributed by atoms with E-state index in [1.807, 2.05) is 43.0 Å². The summed E-state index contributed by atoms with van der Waals surface area (Å²) >= 11 is 1.42. The van der Waals surface area contributed by atoms with Gasteiger partial charge in [0.25, 0.3) is 0 Å². The number of carbonyl (C=O) groups is 1. The first kappa shape index (κ1) is 19.2. The van der Waals surface area contributed by atoms with E-state index in [-0.39, 0.29) is 34.6 Å². The van der Waals surface area contributed by atoms with Crippen LogP contribution in [0.2, 0.25) is 0 Å². The number of sulfone groups is 1. The van der Waals surface area contributed by atoms with Crippen molar-refractivity contribution in [3.8, 4) is 5.75 Å². The summed E-state index contributed by atoms with van der Waals surface area (Å²) in [5.74, 6) is 1.10. The van der Waals surface area contributed by atoms with Crippen molar-refractivity contribution in [3.05, 3.63) is 29.8 Å². The molecule has 1 aromatic carbocycles. The second-order valence-electron chi connectivity index (χ2n) is 7.17. The maximum Gasteiger partial charge on any atom is 0.248 e. The lowest BCUT2D eigenvalue weighted by molar-refractivity contribution is -0.118. The van der Waals surface area contributed by atoms with Gasteiger partial charge in [-0.25, -0.2) is 8.42 Å². The van der Waals surface area contributed by atoms with E-state index in [4.69, 9.17) is 4.74 Å². The molecule has 3 rings (SSSR count). The molecule has 142 valence electrons. The number of ether oxygens (including phenoxy) is 1. The van der Waals surface area contributed by atoms with Crippen molar-refractivity contribution in [1.29, 1.82) is 0 Å². The predicted octanol–water partition coefficient (Wildman–Crippen LogP) is 2.34. The van der Waals surface area contributed by atoms with Gasteiger partial charge in [-0.3, -0.25) is 4.79 Å². The first-order chi connectivity index (χ1) is 12.3. The third kappa shape index (κ3) is 4.40. The Balaban J connectivity index is 1.87. The standard InChI is InChI=1S/C18H24N2O4S2/c1-12(2)7-17(21)19-18-20(9-13-5-4-6-14(8-13)24-3)15-10-26(22,23)11-16(15)25-18/h4-6,8,12,15-16H,7,9-11H2,1-3H3. The highest BCUT2D eigenvalue weighted by molar-refractivity contribution is 8.15. The van der Waals surface area contributed by atoms with Crippen LogP contribution in [0.25, 0.3) is 0 Å². The molecule has 26 heavy (non-hydrogen) atoms. The number of benzene rings is 1. The number of aliphatic imine (C=N–C) groups is 1. The molecule has 1 aromatic rings. The number of hydrogen-bond donors (Lipinski definition) is 0. The van der Waals surface area contributed by atoms with Gasteiger partial charge in [0.05, 0.1) is 24.7 Å². The molecule has 2 aliphatic heterocycles. The molecule has 2 heterocycles. The maximum absolute atomic E-state index is 12.2. The zero-order valence-corrected chi connectivity index (χ0v) is 16.8. The molecule has 8 heteroatoms. The van der Waals surface area contributed by atoms with Gasteiger partial charge in [-0.1, -0.05) is 37.7 Å². The van der Waals surface area contributed by atoms with Crippen molar-refractivity contribution in [2.75, 3.05) is 18.6 Å². The zero-order chi connectivity index (χ0) is 18.9. The minimum absolute atomic E-state index is 0.0591. The minimum atomic E-state index is -3.04. The molecule has 0 saturated carbocycles. The molecule has 0 spiro atoms. The van der Waals surface area contributed by atoms with Gasteiger partial charge >= 0.3 is 0 Å². The van der Waals surface area contributed by atoms with Crippen LogP contribution in [0, 0.1) is 5.92 Å². The van der Waals surface area contributed by atoms with Gasteiger partial charge in [-0.2, -0.15) is 4.99 Å². The predicted molar refractivity (Wildman–Crippen MR) is 104 cm³/mol. The molecule has 2 saturated heterocycles. The summed E-state index contributed by atoms with van der Waals surface area (Å²) in [6, 6.07) is 7.53. The third-order valence-corrected chi connectivity index (χ3v) is 7.71. The monoisotopic (exact) mass is 396 g/mol. The van der Waals surface area contributed by atoms with E-state index in [0.717, 1.165) is 11.3 Å². The summed E-state index contributed by atoms with van der Waals surface area (Å²) in [5, 5.41) is 0.583. The highest BCUT2D eigenvalue weighted by atomic mass is 32.2. The van der Waals surface area contributed by atoms with E-state index in [1.54, 1.807) is 7.11 Å². The Morgan fingerprint density at radius 3 is 2.85 bits per heavy atom. The lowest BCUT2D eigenvalue weighted by Gasteiger charge is -2.24. The third-order valence-electron chi connectivity index (χ3n) is 4.47. The average molecular weight is 397 g/mol. The van der Waals surface area contributed by atoms with Crippen LogP contribution in [0.4, 0.5) is 0 Å². The normalized spacial score (nSPS) is 25.7. The zero-order valence-electron chi connectivity index (χ0n) is 15.2. The van der Waals surface area contributed by atoms with Crippen LogP contribution in [0.5, 0.6) is 5.75 Å². The smallest absolute Gasteiger partial charge is 0.248 e. The molecule has 0 N–H and O–H groups in total.